The van der Waals surface area contributed by atoms with Crippen LogP contribution in [0.15, 0.2) is 11.4 Å². The van der Waals surface area contributed by atoms with Crippen molar-refractivity contribution in [3.05, 3.63) is 11.4 Å². The molecule has 0 amide bonds. The number of hydrogen-bond acceptors (Lipinski definition) is 4. The zero-order chi connectivity index (χ0) is 15.6. The van der Waals surface area contributed by atoms with Crippen molar-refractivity contribution in [2.24, 2.45) is 17.3 Å². The fraction of sp³-hybridized carbons (Fsp3) is 0.765. The van der Waals surface area contributed by atoms with E-state index < -0.39 is 6.23 Å². The Hall–Kier alpha value is -1.36. The van der Waals surface area contributed by atoms with Gasteiger partial charge in [-0.25, -0.2) is 0 Å². The third-order valence-electron chi connectivity index (χ3n) is 6.07. The molecule has 4 rings (SSSR count). The van der Waals surface area contributed by atoms with E-state index in [4.69, 9.17) is 10.8 Å². The first-order valence-electron chi connectivity index (χ1n) is 8.55. The summed E-state index contributed by atoms with van der Waals surface area (Å²) < 4.78 is 0. The van der Waals surface area contributed by atoms with Crippen molar-refractivity contribution < 1.29 is 5.11 Å². The van der Waals surface area contributed by atoms with Crippen molar-refractivity contribution >= 4 is 11.7 Å². The van der Waals surface area contributed by atoms with Crippen LogP contribution < -0.4 is 0 Å². The average molecular weight is 302 g/mol. The number of nitrogens with one attached hydrogen (secondary N) is 2. The normalized spacial score (nSPS) is 30.9. The molecule has 1 unspecified atom stereocenters. The minimum Gasteiger partial charge on any atom is -0.367 e. The quantitative estimate of drug-likeness (QED) is 0.552. The molecule has 0 aromatic carbocycles. The summed E-state index contributed by atoms with van der Waals surface area (Å²) in [7, 11) is 0. The van der Waals surface area contributed by atoms with Crippen LogP contribution in [0.3, 0.4) is 0 Å². The van der Waals surface area contributed by atoms with E-state index in [-0.39, 0.29) is 11.3 Å². The van der Waals surface area contributed by atoms with Gasteiger partial charge in [-0.05, 0) is 64.2 Å². The van der Waals surface area contributed by atoms with E-state index in [0.29, 0.717) is 17.7 Å². The molecule has 0 aromatic heterocycles. The van der Waals surface area contributed by atoms with E-state index in [0.717, 1.165) is 30.8 Å². The predicted molar refractivity (Wildman–Crippen MR) is 85.5 cm³/mol. The lowest BCUT2D eigenvalue weighted by Crippen LogP contribution is -2.55. The Balaban J connectivity index is 1.63. The minimum absolute atomic E-state index is 0.00617. The van der Waals surface area contributed by atoms with Gasteiger partial charge in [-0.1, -0.05) is 0 Å². The van der Waals surface area contributed by atoms with Gasteiger partial charge in [0.25, 0.3) is 0 Å². The predicted octanol–water partition coefficient (Wildman–Crippen LogP) is 2.73. The SMILES string of the molecule is CC1=C(C)N(CC2CC2)C(O)C(=N)N1C(=N)C1(C2CC2)CC1. The van der Waals surface area contributed by atoms with E-state index in [1.54, 1.807) is 4.90 Å². The molecule has 5 heteroatoms. The lowest BCUT2D eigenvalue weighted by Gasteiger charge is -2.44. The molecule has 22 heavy (non-hydrogen) atoms. The summed E-state index contributed by atoms with van der Waals surface area (Å²) in [6, 6.07) is 0. The Morgan fingerprint density at radius 1 is 1.18 bits per heavy atom. The maximum atomic E-state index is 10.6. The van der Waals surface area contributed by atoms with Crippen LogP contribution in [-0.4, -0.2) is 39.4 Å². The Labute approximate surface area is 132 Å². The highest BCUT2D eigenvalue weighted by molar-refractivity contribution is 6.06. The van der Waals surface area contributed by atoms with Crippen molar-refractivity contribution in [2.75, 3.05) is 6.54 Å². The maximum Gasteiger partial charge on any atom is 0.186 e. The fourth-order valence-corrected chi connectivity index (χ4v) is 3.93. The van der Waals surface area contributed by atoms with Crippen LogP contribution in [0.25, 0.3) is 0 Å². The number of aliphatic hydroxyl groups excluding tert-OH is 1. The molecule has 1 atom stereocenters. The van der Waals surface area contributed by atoms with Crippen LogP contribution in [0, 0.1) is 28.1 Å². The van der Waals surface area contributed by atoms with Gasteiger partial charge in [-0.2, -0.15) is 0 Å². The van der Waals surface area contributed by atoms with Crippen LogP contribution in [0.4, 0.5) is 0 Å². The van der Waals surface area contributed by atoms with Crippen LogP contribution in [0.5, 0.6) is 0 Å². The van der Waals surface area contributed by atoms with Gasteiger partial charge in [0.05, 0.1) is 0 Å². The third-order valence-corrected chi connectivity index (χ3v) is 6.07. The van der Waals surface area contributed by atoms with Crippen molar-refractivity contribution in [3.63, 3.8) is 0 Å². The van der Waals surface area contributed by atoms with Crippen molar-refractivity contribution in [1.29, 1.82) is 10.8 Å². The maximum absolute atomic E-state index is 10.6. The highest BCUT2D eigenvalue weighted by Crippen LogP contribution is 2.62. The Kier molecular flexibility index (Phi) is 2.96. The van der Waals surface area contributed by atoms with Gasteiger partial charge in [0.2, 0.25) is 0 Å². The molecule has 0 saturated heterocycles. The van der Waals surface area contributed by atoms with Crippen LogP contribution in [0.1, 0.15) is 52.4 Å². The van der Waals surface area contributed by atoms with Gasteiger partial charge >= 0.3 is 0 Å². The molecule has 0 radical (unpaired) electrons. The first-order chi connectivity index (χ1) is 10.5. The van der Waals surface area contributed by atoms with E-state index in [1.165, 1.54) is 25.7 Å². The smallest absolute Gasteiger partial charge is 0.186 e. The number of allylic oxidation sites excluding steroid dienone is 2. The zero-order valence-electron chi connectivity index (χ0n) is 13.5. The van der Waals surface area contributed by atoms with Crippen LogP contribution >= 0.6 is 0 Å². The third kappa shape index (κ3) is 2.02. The molecule has 3 aliphatic carbocycles. The Morgan fingerprint density at radius 2 is 1.82 bits per heavy atom. The average Bonchev–Trinajstić information content (AvgIpc) is 3.36. The van der Waals surface area contributed by atoms with Gasteiger partial charge in [-0.3, -0.25) is 15.7 Å². The molecule has 120 valence electrons. The first kappa shape index (κ1) is 14.2. The number of nitrogens with zero attached hydrogens (tertiary/aromatic N) is 2. The van der Waals surface area contributed by atoms with Crippen molar-refractivity contribution in [1.82, 2.24) is 9.80 Å². The topological polar surface area (TPSA) is 74.4 Å². The minimum atomic E-state index is -0.903. The second-order valence-electron chi connectivity index (χ2n) is 7.64. The molecular weight excluding hydrogens is 276 g/mol. The van der Waals surface area contributed by atoms with E-state index in [2.05, 4.69) is 0 Å². The molecule has 0 spiro atoms. The van der Waals surface area contributed by atoms with Gasteiger partial charge in [0.15, 0.2) is 12.1 Å². The molecule has 4 aliphatic rings. The lowest BCUT2D eigenvalue weighted by atomic mass is 9.96. The largest absolute Gasteiger partial charge is 0.367 e. The highest BCUT2D eigenvalue weighted by Gasteiger charge is 2.59. The molecule has 0 bridgehead atoms. The molecule has 1 heterocycles. The van der Waals surface area contributed by atoms with Crippen molar-refractivity contribution in [3.8, 4) is 0 Å². The van der Waals surface area contributed by atoms with Gasteiger partial charge < -0.3 is 10.0 Å². The van der Waals surface area contributed by atoms with E-state index >= 15 is 0 Å². The molecule has 0 aromatic rings. The van der Waals surface area contributed by atoms with E-state index in [1.807, 2.05) is 18.7 Å². The lowest BCUT2D eigenvalue weighted by molar-refractivity contribution is 0.0641. The standard InChI is InChI=1S/C17H26N4O/c1-10-11(2)21(16(19)17(7-8-17)13-5-6-13)14(18)15(22)20(10)9-12-3-4-12/h12-13,15,18-19,22H,3-9H2,1-2H3. The molecule has 3 N–H and O–H groups in total. The van der Waals surface area contributed by atoms with Gasteiger partial charge in [-0.15, -0.1) is 0 Å². The summed E-state index contributed by atoms with van der Waals surface area (Å²) in [5.41, 5.74) is 1.98. The molecule has 5 nitrogen and oxygen atoms in total. The summed E-state index contributed by atoms with van der Waals surface area (Å²) in [6.45, 7) is 4.85. The highest BCUT2D eigenvalue weighted by atomic mass is 16.3. The summed E-state index contributed by atoms with van der Waals surface area (Å²) in [5.74, 6) is 2.03. The second kappa shape index (κ2) is 4.57. The van der Waals surface area contributed by atoms with Crippen LogP contribution in [-0.2, 0) is 0 Å². The zero-order valence-corrected chi connectivity index (χ0v) is 13.5. The number of aliphatic hydroxyl groups is 1. The number of rotatable bonds is 4. The van der Waals surface area contributed by atoms with E-state index in [9.17, 15) is 5.11 Å². The van der Waals surface area contributed by atoms with Gasteiger partial charge in [0.1, 0.15) is 5.84 Å². The van der Waals surface area contributed by atoms with Crippen molar-refractivity contribution in [2.45, 2.75) is 58.6 Å². The summed E-state index contributed by atoms with van der Waals surface area (Å²) in [6.07, 6.45) is 6.16. The second-order valence-corrected chi connectivity index (χ2v) is 7.64. The van der Waals surface area contributed by atoms with Crippen LogP contribution in [0.2, 0.25) is 0 Å². The number of hydrogen-bond donors (Lipinski definition) is 3. The summed E-state index contributed by atoms with van der Waals surface area (Å²) >= 11 is 0. The molecule has 3 saturated carbocycles. The number of amidine groups is 2. The Morgan fingerprint density at radius 3 is 2.32 bits per heavy atom. The molecule has 3 fully saturated rings. The van der Waals surface area contributed by atoms with Gasteiger partial charge in [0, 0.05) is 23.4 Å². The summed E-state index contributed by atoms with van der Waals surface area (Å²) in [4.78, 5) is 3.69. The monoisotopic (exact) mass is 302 g/mol. The molecular formula is C17H26N4O. The fourth-order valence-electron chi connectivity index (χ4n) is 3.93. The Bertz CT molecular complexity index is 569. The first-order valence-corrected chi connectivity index (χ1v) is 8.55. The molecule has 1 aliphatic heterocycles. The summed E-state index contributed by atoms with van der Waals surface area (Å²) in [5, 5.41) is 27.7.